The van der Waals surface area contributed by atoms with Crippen LogP contribution in [0.1, 0.15) is 17.0 Å². The third kappa shape index (κ3) is 2.91. The van der Waals surface area contributed by atoms with Crippen LogP contribution in [-0.2, 0) is 16.9 Å². The van der Waals surface area contributed by atoms with Crippen LogP contribution >= 0.6 is 11.3 Å². The van der Waals surface area contributed by atoms with Crippen LogP contribution < -0.4 is 5.32 Å². The molecule has 148 valence electrons. The minimum absolute atomic E-state index is 0.0442. The molecule has 2 aromatic heterocycles. The Morgan fingerprint density at radius 1 is 0.933 bits per heavy atom. The van der Waals surface area contributed by atoms with Crippen molar-refractivity contribution in [2.75, 3.05) is 0 Å². The zero-order valence-corrected chi connectivity index (χ0v) is 16.6. The Morgan fingerprint density at radius 3 is 2.20 bits per heavy atom. The molecule has 1 fully saturated rings. The summed E-state index contributed by atoms with van der Waals surface area (Å²) in [5, 5.41) is 4.87. The Bertz CT molecular complexity index is 1150. The summed E-state index contributed by atoms with van der Waals surface area (Å²) in [5.74, 6) is 0.559. The lowest BCUT2D eigenvalue weighted by atomic mass is 9.82. The van der Waals surface area contributed by atoms with Crippen LogP contribution in [-0.4, -0.2) is 21.8 Å². The summed E-state index contributed by atoms with van der Waals surface area (Å²) in [6, 6.07) is 21.9. The molecule has 7 heteroatoms. The molecule has 3 heterocycles. The van der Waals surface area contributed by atoms with Gasteiger partial charge < -0.3 is 9.73 Å². The molecule has 30 heavy (non-hydrogen) atoms. The zero-order chi connectivity index (χ0) is 20.6. The van der Waals surface area contributed by atoms with Crippen LogP contribution in [0.15, 0.2) is 88.8 Å². The fraction of sp³-hybridized carbons (Fsp3) is 0.0870. The number of amides is 3. The molecule has 4 aromatic rings. The summed E-state index contributed by atoms with van der Waals surface area (Å²) >= 11 is 1.53. The van der Waals surface area contributed by atoms with E-state index in [0.29, 0.717) is 22.8 Å². The maximum Gasteiger partial charge on any atom is 0.326 e. The maximum atomic E-state index is 13.7. The number of imide groups is 1. The number of benzene rings is 2. The lowest BCUT2D eigenvalue weighted by Gasteiger charge is -2.27. The summed E-state index contributed by atoms with van der Waals surface area (Å²) in [6.07, 6.45) is 1.61. The first-order valence-corrected chi connectivity index (χ1v) is 10.3. The number of hydrogen-bond acceptors (Lipinski definition) is 5. The van der Waals surface area contributed by atoms with Crippen molar-refractivity contribution in [3.05, 3.63) is 101 Å². The topological polar surface area (TPSA) is 75.4 Å². The highest BCUT2D eigenvalue weighted by molar-refractivity contribution is 7.13. The molecule has 0 radical (unpaired) electrons. The molecule has 1 saturated heterocycles. The molecule has 0 spiro atoms. The van der Waals surface area contributed by atoms with Gasteiger partial charge in [0.05, 0.1) is 11.1 Å². The summed E-state index contributed by atoms with van der Waals surface area (Å²) in [5.41, 5.74) is 0.107. The van der Waals surface area contributed by atoms with Gasteiger partial charge in [-0.3, -0.25) is 9.69 Å². The van der Waals surface area contributed by atoms with E-state index in [1.807, 2.05) is 78.2 Å². The molecule has 1 aliphatic rings. The summed E-state index contributed by atoms with van der Waals surface area (Å²) in [4.78, 5) is 32.9. The van der Waals surface area contributed by atoms with Crippen LogP contribution in [0.5, 0.6) is 0 Å². The number of aromatic nitrogens is 1. The predicted molar refractivity (Wildman–Crippen MR) is 113 cm³/mol. The van der Waals surface area contributed by atoms with Crippen molar-refractivity contribution >= 4 is 23.3 Å². The summed E-state index contributed by atoms with van der Waals surface area (Å²) in [6.45, 7) is -0.0442. The average Bonchev–Trinajstić information content (AvgIpc) is 3.52. The van der Waals surface area contributed by atoms with Gasteiger partial charge in [0.15, 0.2) is 11.3 Å². The van der Waals surface area contributed by atoms with E-state index >= 15 is 0 Å². The van der Waals surface area contributed by atoms with E-state index in [-0.39, 0.29) is 12.5 Å². The summed E-state index contributed by atoms with van der Waals surface area (Å²) < 4.78 is 5.79. The van der Waals surface area contributed by atoms with Crippen LogP contribution in [0.25, 0.3) is 10.6 Å². The molecule has 0 atom stereocenters. The number of rotatable bonds is 5. The fourth-order valence-corrected chi connectivity index (χ4v) is 4.38. The van der Waals surface area contributed by atoms with Crippen molar-refractivity contribution in [1.29, 1.82) is 0 Å². The number of urea groups is 1. The van der Waals surface area contributed by atoms with Gasteiger partial charge in [-0.15, -0.1) is 11.3 Å². The van der Waals surface area contributed by atoms with Gasteiger partial charge in [0.2, 0.25) is 5.89 Å². The Labute approximate surface area is 176 Å². The second-order valence-corrected chi connectivity index (χ2v) is 7.85. The monoisotopic (exact) mass is 415 g/mol. The van der Waals surface area contributed by atoms with E-state index in [4.69, 9.17) is 4.42 Å². The van der Waals surface area contributed by atoms with Gasteiger partial charge in [0.1, 0.15) is 6.54 Å². The normalized spacial score (nSPS) is 15.4. The maximum absolute atomic E-state index is 13.7. The molecule has 1 N–H and O–H groups in total. The molecule has 1 aliphatic heterocycles. The largest absolute Gasteiger partial charge is 0.438 e. The summed E-state index contributed by atoms with van der Waals surface area (Å²) in [7, 11) is 0. The number of thiophene rings is 1. The highest BCUT2D eigenvalue weighted by Gasteiger charge is 2.53. The number of nitrogens with one attached hydrogen (secondary N) is 1. The highest BCUT2D eigenvalue weighted by Crippen LogP contribution is 2.36. The van der Waals surface area contributed by atoms with Crippen LogP contribution in [0.2, 0.25) is 0 Å². The standard InChI is InChI=1S/C23H17N3O3S/c27-21-23(16-8-3-1-4-9-16,17-10-5-2-6-11-17)25-22(28)26(21)15-20-24-14-18(29-20)19-12-7-13-30-19/h1-14H,15H2,(H,25,28). The lowest BCUT2D eigenvalue weighted by molar-refractivity contribution is -0.130. The van der Waals surface area contributed by atoms with Crippen LogP contribution in [0, 0.1) is 0 Å². The third-order valence-electron chi connectivity index (χ3n) is 5.13. The predicted octanol–water partition coefficient (Wildman–Crippen LogP) is 4.40. The van der Waals surface area contributed by atoms with Crippen LogP contribution in [0.4, 0.5) is 4.79 Å². The van der Waals surface area contributed by atoms with Crippen LogP contribution in [0.3, 0.4) is 0 Å². The van der Waals surface area contributed by atoms with Gasteiger partial charge in [0.25, 0.3) is 5.91 Å². The van der Waals surface area contributed by atoms with Gasteiger partial charge in [-0.2, -0.15) is 0 Å². The first-order valence-electron chi connectivity index (χ1n) is 9.42. The lowest BCUT2D eigenvalue weighted by Crippen LogP contribution is -2.45. The molecule has 5 rings (SSSR count). The quantitative estimate of drug-likeness (QED) is 0.490. The van der Waals surface area contributed by atoms with Crippen molar-refractivity contribution in [2.24, 2.45) is 0 Å². The van der Waals surface area contributed by atoms with Gasteiger partial charge in [-0.05, 0) is 22.6 Å². The Kier molecular flexibility index (Phi) is 4.44. The second-order valence-electron chi connectivity index (χ2n) is 6.90. The number of nitrogens with zero attached hydrogens (tertiary/aromatic N) is 2. The molecule has 0 unspecified atom stereocenters. The van der Waals surface area contributed by atoms with E-state index in [1.165, 1.54) is 11.3 Å². The molecule has 2 aromatic carbocycles. The third-order valence-corrected chi connectivity index (χ3v) is 6.01. The Morgan fingerprint density at radius 2 is 1.60 bits per heavy atom. The molecule has 3 amide bonds. The molecule has 0 bridgehead atoms. The molecule has 6 nitrogen and oxygen atoms in total. The number of hydrogen-bond donors (Lipinski definition) is 1. The van der Waals surface area contributed by atoms with Gasteiger partial charge in [-0.25, -0.2) is 9.78 Å². The van der Waals surface area contributed by atoms with Crippen molar-refractivity contribution in [3.8, 4) is 10.6 Å². The van der Waals surface area contributed by atoms with Crippen molar-refractivity contribution in [2.45, 2.75) is 12.1 Å². The van der Waals surface area contributed by atoms with Crippen molar-refractivity contribution in [1.82, 2.24) is 15.2 Å². The first kappa shape index (κ1) is 18.3. The second kappa shape index (κ2) is 7.27. The Hall–Kier alpha value is -3.71. The number of oxazole rings is 1. The molecular formula is C23H17N3O3S. The number of carbonyl (C=O) groups excluding carboxylic acids is 2. The molecular weight excluding hydrogens is 398 g/mol. The van der Waals surface area contributed by atoms with Crippen molar-refractivity contribution < 1.29 is 14.0 Å². The molecule has 0 saturated carbocycles. The molecule has 0 aliphatic carbocycles. The van der Waals surface area contributed by atoms with Gasteiger partial charge >= 0.3 is 6.03 Å². The minimum Gasteiger partial charge on any atom is -0.438 e. The minimum atomic E-state index is -1.29. The van der Waals surface area contributed by atoms with E-state index in [2.05, 4.69) is 10.3 Å². The highest BCUT2D eigenvalue weighted by atomic mass is 32.1. The first-order chi connectivity index (χ1) is 14.7. The van der Waals surface area contributed by atoms with E-state index in [9.17, 15) is 9.59 Å². The Balaban J connectivity index is 1.51. The van der Waals surface area contributed by atoms with Gasteiger partial charge in [0, 0.05) is 0 Å². The zero-order valence-electron chi connectivity index (χ0n) is 15.8. The fourth-order valence-electron chi connectivity index (χ4n) is 3.71. The number of carbonyl (C=O) groups is 2. The average molecular weight is 415 g/mol. The van der Waals surface area contributed by atoms with E-state index < -0.39 is 11.6 Å². The van der Waals surface area contributed by atoms with Gasteiger partial charge in [-0.1, -0.05) is 66.7 Å². The van der Waals surface area contributed by atoms with E-state index in [0.717, 1.165) is 9.78 Å². The smallest absolute Gasteiger partial charge is 0.326 e. The SMILES string of the molecule is O=C1NC(c2ccccc2)(c2ccccc2)C(=O)N1Cc1ncc(-c2cccs2)o1. The van der Waals surface area contributed by atoms with Crippen molar-refractivity contribution in [3.63, 3.8) is 0 Å². The van der Waals surface area contributed by atoms with E-state index in [1.54, 1.807) is 6.20 Å².